The smallest absolute Gasteiger partial charge is 0.268 e. The third-order valence-electron chi connectivity index (χ3n) is 4.44. The normalized spacial score (nSPS) is 12.6. The molecule has 8 heteroatoms. The summed E-state index contributed by atoms with van der Waals surface area (Å²) in [4.78, 5) is 35.5. The molecule has 3 amide bonds. The molecule has 29 heavy (non-hydrogen) atoms. The number of aliphatic hydroxyl groups is 1. The summed E-state index contributed by atoms with van der Waals surface area (Å²) in [5, 5.41) is 22.8. The van der Waals surface area contributed by atoms with Crippen molar-refractivity contribution < 1.29 is 24.7 Å². The zero-order valence-electron chi connectivity index (χ0n) is 16.3. The molecule has 0 bridgehead atoms. The van der Waals surface area contributed by atoms with E-state index in [1.54, 1.807) is 12.1 Å². The van der Waals surface area contributed by atoms with Crippen LogP contribution in [0.3, 0.4) is 0 Å². The number of hydrogen-bond acceptors (Lipinski definition) is 5. The van der Waals surface area contributed by atoms with E-state index in [0.717, 1.165) is 17.5 Å². The predicted molar refractivity (Wildman–Crippen MR) is 107 cm³/mol. The fraction of sp³-hybridized carbons (Fsp3) is 0.286. The van der Waals surface area contributed by atoms with Crippen molar-refractivity contribution in [2.75, 3.05) is 6.54 Å². The molecule has 2 aromatic rings. The number of hydroxylamine groups is 1. The highest BCUT2D eigenvalue weighted by Gasteiger charge is 2.25. The second-order valence-electron chi connectivity index (χ2n) is 6.57. The Labute approximate surface area is 168 Å². The molecule has 0 aliphatic heterocycles. The van der Waals surface area contributed by atoms with Gasteiger partial charge in [0.2, 0.25) is 5.91 Å². The van der Waals surface area contributed by atoms with Crippen molar-refractivity contribution in [3.05, 3.63) is 59.7 Å². The molecule has 0 unspecified atom stereocenters. The first kappa shape index (κ1) is 22.1. The lowest BCUT2D eigenvalue weighted by molar-refractivity contribution is -0.137. The molecule has 0 aliphatic rings. The molecule has 154 valence electrons. The molecular weight excluding hydrogens is 374 g/mol. The number of aryl methyl sites for hydroxylation is 1. The van der Waals surface area contributed by atoms with Crippen molar-refractivity contribution in [1.82, 2.24) is 16.1 Å². The van der Waals surface area contributed by atoms with Crippen molar-refractivity contribution in [2.24, 2.45) is 0 Å². The minimum absolute atomic E-state index is 0.381. The van der Waals surface area contributed by atoms with Gasteiger partial charge in [-0.15, -0.1) is 0 Å². The standard InChI is InChI=1S/C21H25N3O5/c1-3-14-4-6-15(7-5-14)16-8-10-17(11-9-16)20(27)22-12-18(26)23-19(13(2)25)21(28)24-29/h4-11,13,19,25,29H,3,12H2,1-2H3,(H,22,27)(H,23,26)(H,24,28)/t13-,19+/m1/s1. The average Bonchev–Trinajstić information content (AvgIpc) is 2.75. The molecule has 0 aliphatic carbocycles. The van der Waals surface area contributed by atoms with E-state index in [0.29, 0.717) is 5.56 Å². The number of rotatable bonds is 8. The largest absolute Gasteiger partial charge is 0.391 e. The quantitative estimate of drug-likeness (QED) is 0.334. The maximum absolute atomic E-state index is 12.2. The lowest BCUT2D eigenvalue weighted by Crippen LogP contribution is -2.53. The number of hydrogen-bond donors (Lipinski definition) is 5. The Hall–Kier alpha value is -3.23. The summed E-state index contributed by atoms with van der Waals surface area (Å²) in [6.07, 6.45) is -0.254. The molecule has 2 atom stereocenters. The van der Waals surface area contributed by atoms with Crippen LogP contribution in [-0.4, -0.2) is 46.7 Å². The molecule has 0 saturated carbocycles. The fourth-order valence-corrected chi connectivity index (χ4v) is 2.71. The average molecular weight is 399 g/mol. The first-order valence-corrected chi connectivity index (χ1v) is 9.24. The summed E-state index contributed by atoms with van der Waals surface area (Å²) in [6.45, 7) is 2.99. The first-order valence-electron chi connectivity index (χ1n) is 9.24. The van der Waals surface area contributed by atoms with Gasteiger partial charge in [0, 0.05) is 5.56 Å². The van der Waals surface area contributed by atoms with Crippen LogP contribution in [-0.2, 0) is 16.0 Å². The lowest BCUT2D eigenvalue weighted by Gasteiger charge is -2.19. The molecule has 2 rings (SSSR count). The number of benzene rings is 2. The number of amides is 3. The first-order chi connectivity index (χ1) is 13.8. The van der Waals surface area contributed by atoms with Crippen LogP contribution in [0.2, 0.25) is 0 Å². The summed E-state index contributed by atoms with van der Waals surface area (Å²) in [6, 6.07) is 13.8. The van der Waals surface area contributed by atoms with Gasteiger partial charge in [-0.05, 0) is 42.2 Å². The lowest BCUT2D eigenvalue weighted by atomic mass is 10.0. The Morgan fingerprint density at radius 1 is 0.966 bits per heavy atom. The van der Waals surface area contributed by atoms with E-state index in [4.69, 9.17) is 5.21 Å². The van der Waals surface area contributed by atoms with Crippen molar-refractivity contribution in [3.63, 3.8) is 0 Å². The summed E-state index contributed by atoms with van der Waals surface area (Å²) in [7, 11) is 0. The van der Waals surface area contributed by atoms with Gasteiger partial charge in [-0.1, -0.05) is 43.3 Å². The van der Waals surface area contributed by atoms with Crippen LogP contribution in [0.25, 0.3) is 11.1 Å². The molecule has 0 saturated heterocycles. The maximum atomic E-state index is 12.2. The second-order valence-corrected chi connectivity index (χ2v) is 6.57. The SMILES string of the molecule is CCc1ccc(-c2ccc(C(=O)NCC(=O)N[C@H](C(=O)NO)[C@@H](C)O)cc2)cc1. The highest BCUT2D eigenvalue weighted by molar-refractivity contribution is 5.97. The monoisotopic (exact) mass is 399 g/mol. The van der Waals surface area contributed by atoms with Crippen LogP contribution in [0, 0.1) is 0 Å². The Morgan fingerprint density at radius 2 is 1.52 bits per heavy atom. The van der Waals surface area contributed by atoms with E-state index in [1.165, 1.54) is 18.0 Å². The van der Waals surface area contributed by atoms with Crippen LogP contribution < -0.4 is 16.1 Å². The Balaban J connectivity index is 1.93. The van der Waals surface area contributed by atoms with Crippen LogP contribution in [0.1, 0.15) is 29.8 Å². The molecule has 0 radical (unpaired) electrons. The van der Waals surface area contributed by atoms with Crippen LogP contribution in [0.15, 0.2) is 48.5 Å². The molecule has 0 spiro atoms. The predicted octanol–water partition coefficient (Wildman–Crippen LogP) is 1.02. The molecular formula is C21H25N3O5. The zero-order chi connectivity index (χ0) is 21.4. The van der Waals surface area contributed by atoms with E-state index in [1.807, 2.05) is 24.3 Å². The summed E-state index contributed by atoms with van der Waals surface area (Å²) in [5.41, 5.74) is 5.01. The van der Waals surface area contributed by atoms with Gasteiger partial charge in [0.15, 0.2) is 0 Å². The molecule has 8 nitrogen and oxygen atoms in total. The maximum Gasteiger partial charge on any atom is 0.268 e. The van der Waals surface area contributed by atoms with Gasteiger partial charge >= 0.3 is 0 Å². The van der Waals surface area contributed by atoms with Gasteiger partial charge in [-0.3, -0.25) is 19.6 Å². The zero-order valence-corrected chi connectivity index (χ0v) is 16.3. The van der Waals surface area contributed by atoms with E-state index in [9.17, 15) is 19.5 Å². The van der Waals surface area contributed by atoms with Gasteiger partial charge in [0.1, 0.15) is 6.04 Å². The molecule has 5 N–H and O–H groups in total. The fourth-order valence-electron chi connectivity index (χ4n) is 2.71. The minimum atomic E-state index is -1.33. The minimum Gasteiger partial charge on any atom is -0.391 e. The van der Waals surface area contributed by atoms with Crippen molar-refractivity contribution in [1.29, 1.82) is 0 Å². The third-order valence-corrected chi connectivity index (χ3v) is 4.44. The Bertz CT molecular complexity index is 848. The summed E-state index contributed by atoms with van der Waals surface area (Å²) < 4.78 is 0. The number of carbonyl (C=O) groups is 3. The second kappa shape index (κ2) is 10.4. The van der Waals surface area contributed by atoms with Crippen LogP contribution in [0.4, 0.5) is 0 Å². The van der Waals surface area contributed by atoms with E-state index in [2.05, 4.69) is 29.7 Å². The van der Waals surface area contributed by atoms with E-state index >= 15 is 0 Å². The topological polar surface area (TPSA) is 128 Å². The van der Waals surface area contributed by atoms with Crippen molar-refractivity contribution in [2.45, 2.75) is 32.4 Å². The number of carbonyl (C=O) groups excluding carboxylic acids is 3. The van der Waals surface area contributed by atoms with E-state index in [-0.39, 0.29) is 6.54 Å². The van der Waals surface area contributed by atoms with Gasteiger partial charge in [-0.2, -0.15) is 0 Å². The third kappa shape index (κ3) is 6.13. The van der Waals surface area contributed by atoms with Gasteiger partial charge in [0.05, 0.1) is 12.6 Å². The molecule has 2 aromatic carbocycles. The highest BCUT2D eigenvalue weighted by Crippen LogP contribution is 2.20. The van der Waals surface area contributed by atoms with Crippen molar-refractivity contribution in [3.8, 4) is 11.1 Å². The van der Waals surface area contributed by atoms with Gasteiger partial charge in [-0.25, -0.2) is 5.48 Å². The Kier molecular flexibility index (Phi) is 7.88. The number of nitrogens with one attached hydrogen (secondary N) is 3. The Morgan fingerprint density at radius 3 is 2.00 bits per heavy atom. The van der Waals surface area contributed by atoms with Crippen LogP contribution in [0.5, 0.6) is 0 Å². The molecule has 0 aromatic heterocycles. The van der Waals surface area contributed by atoms with Crippen molar-refractivity contribution >= 4 is 17.7 Å². The van der Waals surface area contributed by atoms with Gasteiger partial charge in [0.25, 0.3) is 11.8 Å². The highest BCUT2D eigenvalue weighted by atomic mass is 16.5. The van der Waals surface area contributed by atoms with Crippen LogP contribution >= 0.6 is 0 Å². The molecule has 0 fully saturated rings. The summed E-state index contributed by atoms with van der Waals surface area (Å²) in [5.74, 6) is -2.09. The molecule has 0 heterocycles. The van der Waals surface area contributed by atoms with Gasteiger partial charge < -0.3 is 15.7 Å². The number of aliphatic hydroxyl groups excluding tert-OH is 1. The van der Waals surface area contributed by atoms with E-state index < -0.39 is 29.9 Å². The summed E-state index contributed by atoms with van der Waals surface area (Å²) >= 11 is 0.